The van der Waals surface area contributed by atoms with Gasteiger partial charge in [0.1, 0.15) is 0 Å². The normalized spacial score (nSPS) is 20.5. The predicted molar refractivity (Wildman–Crippen MR) is 128 cm³/mol. The van der Waals surface area contributed by atoms with Gasteiger partial charge in [-0.05, 0) is 56.0 Å². The van der Waals surface area contributed by atoms with Crippen LogP contribution in [0.3, 0.4) is 0 Å². The molecule has 0 bridgehead atoms. The fourth-order valence-corrected chi connectivity index (χ4v) is 5.68. The molecule has 1 fully saturated rings. The number of fused-ring (bicyclic) bond motifs is 1. The summed E-state index contributed by atoms with van der Waals surface area (Å²) < 4.78 is 0. The molecule has 170 valence electrons. The average molecular weight is 454 g/mol. The number of hydrogen-bond donors (Lipinski definition) is 0. The molecule has 1 spiro atoms. The Bertz CT molecular complexity index is 994. The van der Waals surface area contributed by atoms with E-state index in [-0.39, 0.29) is 23.8 Å². The highest BCUT2D eigenvalue weighted by Gasteiger charge is 2.56. The molecule has 2 aromatic rings. The molecule has 0 saturated carbocycles. The number of benzene rings is 2. The number of rotatable bonds is 4. The molecule has 0 N–H and O–H groups in total. The van der Waals surface area contributed by atoms with E-state index in [2.05, 4.69) is 30.9 Å². The maximum Gasteiger partial charge on any atom is 0.254 e. The molecule has 2 aromatic carbocycles. The summed E-state index contributed by atoms with van der Waals surface area (Å²) in [4.78, 5) is 33.3. The van der Waals surface area contributed by atoms with Gasteiger partial charge in [0.05, 0.1) is 11.5 Å². The molecular weight excluding hydrogens is 422 g/mol. The first-order chi connectivity index (χ1) is 15.2. The van der Waals surface area contributed by atoms with Gasteiger partial charge in [-0.3, -0.25) is 14.5 Å². The first-order valence-electron chi connectivity index (χ1n) is 11.3. The predicted octanol–water partition coefficient (Wildman–Crippen LogP) is 4.41. The first-order valence-corrected chi connectivity index (χ1v) is 11.7. The number of piperidine rings is 1. The third-order valence-electron chi connectivity index (χ3n) is 6.98. The second-order valence-corrected chi connectivity index (χ2v) is 9.96. The molecule has 0 radical (unpaired) electrons. The van der Waals surface area contributed by atoms with Gasteiger partial charge in [-0.1, -0.05) is 41.9 Å². The van der Waals surface area contributed by atoms with Crippen molar-refractivity contribution in [1.82, 2.24) is 14.7 Å². The Morgan fingerprint density at radius 2 is 1.72 bits per heavy atom. The van der Waals surface area contributed by atoms with Crippen LogP contribution in [0.15, 0.2) is 48.5 Å². The fraction of sp³-hybridized carbons (Fsp3) is 0.462. The van der Waals surface area contributed by atoms with Crippen molar-refractivity contribution < 1.29 is 9.59 Å². The molecule has 1 atom stereocenters. The SMILES string of the molecule is CC(C)N1C(=O)c2ccccc2C(C(=O)N(C)C)C12CCN(Cc1ccc(Cl)cc1)CC2. The summed E-state index contributed by atoms with van der Waals surface area (Å²) in [5.74, 6) is -0.238. The van der Waals surface area contributed by atoms with E-state index in [9.17, 15) is 9.59 Å². The van der Waals surface area contributed by atoms with Crippen molar-refractivity contribution >= 4 is 23.4 Å². The molecule has 4 rings (SSSR count). The highest BCUT2D eigenvalue weighted by molar-refractivity contribution is 6.30. The van der Waals surface area contributed by atoms with Crippen molar-refractivity contribution in [2.24, 2.45) is 0 Å². The Hall–Kier alpha value is -2.37. The van der Waals surface area contributed by atoms with Crippen molar-refractivity contribution in [3.8, 4) is 0 Å². The number of halogens is 1. The van der Waals surface area contributed by atoms with Gasteiger partial charge in [-0.2, -0.15) is 0 Å². The van der Waals surface area contributed by atoms with Gasteiger partial charge < -0.3 is 9.80 Å². The molecule has 2 aliphatic heterocycles. The zero-order valence-corrected chi connectivity index (χ0v) is 20.1. The fourth-order valence-electron chi connectivity index (χ4n) is 5.55. The highest BCUT2D eigenvalue weighted by atomic mass is 35.5. The third-order valence-corrected chi connectivity index (χ3v) is 7.24. The maximum atomic E-state index is 13.6. The summed E-state index contributed by atoms with van der Waals surface area (Å²) >= 11 is 6.04. The van der Waals surface area contributed by atoms with Gasteiger partial charge in [0, 0.05) is 50.4 Å². The topological polar surface area (TPSA) is 43.9 Å². The molecule has 2 aliphatic rings. The van der Waals surface area contributed by atoms with Gasteiger partial charge in [-0.15, -0.1) is 0 Å². The number of carbonyl (C=O) groups is 2. The lowest BCUT2D eigenvalue weighted by atomic mass is 9.66. The zero-order valence-electron chi connectivity index (χ0n) is 19.3. The highest BCUT2D eigenvalue weighted by Crippen LogP contribution is 2.48. The van der Waals surface area contributed by atoms with Crippen LogP contribution in [0, 0.1) is 0 Å². The molecule has 0 aliphatic carbocycles. The smallest absolute Gasteiger partial charge is 0.254 e. The van der Waals surface area contributed by atoms with Crippen molar-refractivity contribution in [3.63, 3.8) is 0 Å². The number of amides is 2. The summed E-state index contributed by atoms with van der Waals surface area (Å²) in [6.07, 6.45) is 1.53. The van der Waals surface area contributed by atoms with Gasteiger partial charge >= 0.3 is 0 Å². The number of carbonyl (C=O) groups excluding carboxylic acids is 2. The molecule has 0 aromatic heterocycles. The van der Waals surface area contributed by atoms with E-state index >= 15 is 0 Å². The van der Waals surface area contributed by atoms with E-state index in [0.717, 1.165) is 43.1 Å². The lowest BCUT2D eigenvalue weighted by Gasteiger charge is -2.57. The molecule has 32 heavy (non-hydrogen) atoms. The zero-order chi connectivity index (χ0) is 23.0. The Labute approximate surface area is 195 Å². The minimum atomic E-state index is -0.516. The molecule has 5 nitrogen and oxygen atoms in total. The molecule has 1 unspecified atom stereocenters. The first kappa shape index (κ1) is 22.8. The number of hydrogen-bond acceptors (Lipinski definition) is 3. The van der Waals surface area contributed by atoms with Crippen molar-refractivity contribution in [2.45, 2.75) is 50.7 Å². The van der Waals surface area contributed by atoms with E-state index in [1.54, 1.807) is 4.90 Å². The van der Waals surface area contributed by atoms with E-state index < -0.39 is 5.54 Å². The van der Waals surface area contributed by atoms with Crippen molar-refractivity contribution in [3.05, 3.63) is 70.2 Å². The summed E-state index contributed by atoms with van der Waals surface area (Å²) in [6, 6.07) is 15.6. The average Bonchev–Trinajstić information content (AvgIpc) is 2.76. The number of nitrogens with zero attached hydrogens (tertiary/aromatic N) is 3. The minimum absolute atomic E-state index is 0.0103. The maximum absolute atomic E-state index is 13.6. The summed E-state index contributed by atoms with van der Waals surface area (Å²) in [5, 5.41) is 0.739. The second kappa shape index (κ2) is 8.87. The van der Waals surface area contributed by atoms with Crippen LogP contribution >= 0.6 is 11.6 Å². The van der Waals surface area contributed by atoms with E-state index in [1.807, 2.05) is 55.4 Å². The summed E-state index contributed by atoms with van der Waals surface area (Å²) in [5.41, 5.74) is 2.24. The molecular formula is C26H32ClN3O2. The van der Waals surface area contributed by atoms with Crippen LogP contribution in [0.1, 0.15) is 54.1 Å². The summed E-state index contributed by atoms with van der Waals surface area (Å²) in [7, 11) is 3.62. The van der Waals surface area contributed by atoms with Crippen molar-refractivity contribution in [1.29, 1.82) is 0 Å². The molecule has 2 amide bonds. The Morgan fingerprint density at radius 1 is 1.09 bits per heavy atom. The Kier molecular flexibility index (Phi) is 6.33. The lowest BCUT2D eigenvalue weighted by molar-refractivity contribution is -0.136. The quantitative estimate of drug-likeness (QED) is 0.688. The standard InChI is InChI=1S/C26H32ClN3O2/c1-18(2)30-24(31)22-8-6-5-7-21(22)23(25(32)28(3)4)26(30)13-15-29(16-14-26)17-19-9-11-20(27)12-10-19/h5-12,18,23H,13-17H2,1-4H3. The monoisotopic (exact) mass is 453 g/mol. The van der Waals surface area contributed by atoms with Crippen LogP contribution in [0.5, 0.6) is 0 Å². The van der Waals surface area contributed by atoms with Crippen LogP contribution in [0.4, 0.5) is 0 Å². The molecule has 2 heterocycles. The lowest BCUT2D eigenvalue weighted by Crippen LogP contribution is -2.66. The number of likely N-dealkylation sites (tertiary alicyclic amines) is 1. The minimum Gasteiger partial charge on any atom is -0.348 e. The van der Waals surface area contributed by atoms with Gasteiger partial charge in [0.2, 0.25) is 5.91 Å². The van der Waals surface area contributed by atoms with Crippen LogP contribution in [-0.2, 0) is 11.3 Å². The van der Waals surface area contributed by atoms with Crippen LogP contribution < -0.4 is 0 Å². The van der Waals surface area contributed by atoms with E-state index in [0.29, 0.717) is 5.56 Å². The van der Waals surface area contributed by atoms with Crippen LogP contribution in [0.25, 0.3) is 0 Å². The largest absolute Gasteiger partial charge is 0.348 e. The Morgan fingerprint density at radius 3 is 2.31 bits per heavy atom. The van der Waals surface area contributed by atoms with Crippen molar-refractivity contribution in [2.75, 3.05) is 27.2 Å². The second-order valence-electron chi connectivity index (χ2n) is 9.53. The van der Waals surface area contributed by atoms with Gasteiger partial charge in [0.15, 0.2) is 0 Å². The molecule has 1 saturated heterocycles. The van der Waals surface area contributed by atoms with E-state index in [4.69, 9.17) is 11.6 Å². The van der Waals surface area contributed by atoms with E-state index in [1.165, 1.54) is 5.56 Å². The van der Waals surface area contributed by atoms with Crippen LogP contribution in [-0.4, -0.2) is 65.3 Å². The third kappa shape index (κ3) is 3.93. The number of likely N-dealkylation sites (N-methyl/N-ethyl adjacent to an activating group) is 1. The Balaban J connectivity index is 1.70. The summed E-state index contributed by atoms with van der Waals surface area (Å²) in [6.45, 7) is 6.62. The molecule has 6 heteroatoms. The van der Waals surface area contributed by atoms with Gasteiger partial charge in [-0.25, -0.2) is 0 Å². The van der Waals surface area contributed by atoms with Gasteiger partial charge in [0.25, 0.3) is 5.91 Å². The van der Waals surface area contributed by atoms with Crippen LogP contribution in [0.2, 0.25) is 5.02 Å².